The van der Waals surface area contributed by atoms with Crippen molar-refractivity contribution in [3.63, 3.8) is 0 Å². The molecule has 1 aliphatic carbocycles. The number of thiocarbonyl (C=S) groups is 1. The molecule has 9 amide bonds. The van der Waals surface area contributed by atoms with E-state index in [1.165, 1.54) is 54.6 Å². The third kappa shape index (κ3) is 20.7. The fourth-order valence-corrected chi connectivity index (χ4v) is 9.31. The molecule has 0 saturated heterocycles. The van der Waals surface area contributed by atoms with Gasteiger partial charge in [0.15, 0.2) is 5.43 Å². The van der Waals surface area contributed by atoms with Gasteiger partial charge in [-0.25, -0.2) is 4.57 Å². The molecule has 0 unspecified atom stereocenters. The highest BCUT2D eigenvalue weighted by molar-refractivity contribution is 7.78. The van der Waals surface area contributed by atoms with Crippen LogP contribution < -0.4 is 58.6 Å². The van der Waals surface area contributed by atoms with Gasteiger partial charge in [-0.05, 0) is 109 Å². The summed E-state index contributed by atoms with van der Waals surface area (Å²) in [6.45, 7) is 5.39. The molecular weight excluding hydrogens is 1150 g/mol. The highest BCUT2D eigenvalue weighted by atomic mass is 32.1. The summed E-state index contributed by atoms with van der Waals surface area (Å²) in [5, 5.41) is 40.2. The number of fused-ring (bicyclic) bond motifs is 2. The number of carbonyl (C=O) groups is 9. The number of isothiocyanates is 1. The minimum absolute atomic E-state index is 0.0464. The average molecular weight is 1220 g/mol. The van der Waals surface area contributed by atoms with Gasteiger partial charge in [-0.15, -0.1) is 0 Å². The monoisotopic (exact) mass is 1210 g/mol. The Bertz CT molecular complexity index is 3420. The highest BCUT2D eigenvalue weighted by Crippen LogP contribution is 2.43. The molecule has 2 aliphatic rings. The second-order valence-electron chi connectivity index (χ2n) is 20.5. The van der Waals surface area contributed by atoms with E-state index in [2.05, 4.69) is 51.9 Å². The Balaban J connectivity index is 1.32. The standard InChI is InChI=1S/C56H67N10O17PS/c1-29(2)20-41(62-48(71)6-5-19-59-52(74)39-23-32(61-28-85)9-14-36(39)50-37-15-10-33(68)24-45(37)82-46-25-34(69)11-16-38(46)50)54(76)65-43(22-31-7-12-35(13-8-31)83-84(79,80)81)56(78)64-40(17-18-47(57)70)53(75)60-26-49(72)63-42(21-30(3)4)55(77)66-44(27-67)51(58)73/h7-16,23-25,29-30,40-44,67-68H,5-6,17-22,26-27H2,1-4H3,(H2,57,70)(H2,58,73)(H,59,74)(H,60,75)(H,62,71)(H,63,72)(H,64,78)(H,65,76)(H,66,77)(H2,79,80,81)/t40-,41-,42-,43-,44-/m0/s1. The van der Waals surface area contributed by atoms with Crippen LogP contribution in [0.4, 0.5) is 5.69 Å². The first-order chi connectivity index (χ1) is 40.1. The molecule has 1 aliphatic heterocycles. The van der Waals surface area contributed by atoms with Crippen molar-refractivity contribution >= 4 is 95.0 Å². The van der Waals surface area contributed by atoms with Crippen LogP contribution in [-0.4, -0.2) is 128 Å². The maximum absolute atomic E-state index is 14.3. The van der Waals surface area contributed by atoms with Crippen molar-refractivity contribution in [1.29, 1.82) is 0 Å². The van der Waals surface area contributed by atoms with Crippen LogP contribution in [0.1, 0.15) is 82.1 Å². The second-order valence-corrected chi connectivity index (χ2v) is 21.9. The van der Waals surface area contributed by atoms with Gasteiger partial charge < -0.3 is 67.8 Å². The van der Waals surface area contributed by atoms with Gasteiger partial charge in [0.05, 0.1) is 24.0 Å². The number of rotatable bonds is 31. The zero-order valence-electron chi connectivity index (χ0n) is 46.7. The average Bonchev–Trinajstić information content (AvgIpc) is 1.78. The Morgan fingerprint density at radius 1 is 0.706 bits per heavy atom. The molecule has 0 saturated carbocycles. The van der Waals surface area contributed by atoms with E-state index >= 15 is 0 Å². The number of phosphoric acid groups is 1. The molecule has 5 rings (SSSR count). The lowest BCUT2D eigenvalue weighted by molar-refractivity contribution is -0.134. The fourth-order valence-electron chi connectivity index (χ4n) is 8.81. The maximum Gasteiger partial charge on any atom is 0.524 e. The van der Waals surface area contributed by atoms with Crippen molar-refractivity contribution in [3.8, 4) is 33.9 Å². The quantitative estimate of drug-likeness (QED) is 0.00985. The Labute approximate surface area is 492 Å². The molecule has 3 aromatic rings. The number of amides is 9. The van der Waals surface area contributed by atoms with E-state index in [1.54, 1.807) is 52.0 Å². The zero-order valence-corrected chi connectivity index (χ0v) is 48.4. The van der Waals surface area contributed by atoms with Gasteiger partial charge in [-0.2, -0.15) is 4.99 Å². The number of aliphatic hydroxyl groups is 1. The van der Waals surface area contributed by atoms with Gasteiger partial charge in [0.1, 0.15) is 53.1 Å². The smallest absolute Gasteiger partial charge is 0.508 e. The number of primary amides is 2. The van der Waals surface area contributed by atoms with Crippen LogP contribution in [0.5, 0.6) is 11.5 Å². The first-order valence-electron chi connectivity index (χ1n) is 26.6. The third-order valence-corrected chi connectivity index (χ3v) is 13.3. The van der Waals surface area contributed by atoms with Gasteiger partial charge >= 0.3 is 7.82 Å². The largest absolute Gasteiger partial charge is 0.524 e. The number of hydrogen-bond acceptors (Lipinski definition) is 17. The Kier molecular flexibility index (Phi) is 24.5. The predicted molar refractivity (Wildman–Crippen MR) is 312 cm³/mol. The summed E-state index contributed by atoms with van der Waals surface area (Å²) in [5.74, 6) is -8.26. The molecule has 0 aromatic heterocycles. The van der Waals surface area contributed by atoms with E-state index in [9.17, 15) is 72.5 Å². The number of aliphatic imine (C=N–C) groups is 1. The van der Waals surface area contributed by atoms with Gasteiger partial charge in [0, 0.05) is 60.0 Å². The lowest BCUT2D eigenvalue weighted by Gasteiger charge is -2.26. The molecule has 454 valence electrons. The minimum atomic E-state index is -4.97. The Hall–Kier alpha value is -8.91. The van der Waals surface area contributed by atoms with E-state index in [0.29, 0.717) is 33.3 Å². The molecule has 0 fully saturated rings. The van der Waals surface area contributed by atoms with Gasteiger partial charge in [-0.1, -0.05) is 45.9 Å². The lowest BCUT2D eigenvalue weighted by atomic mass is 9.90. The van der Waals surface area contributed by atoms with Crippen molar-refractivity contribution in [2.24, 2.45) is 28.3 Å². The normalized spacial score (nSPS) is 13.0. The van der Waals surface area contributed by atoms with Crippen LogP contribution in [0.3, 0.4) is 0 Å². The van der Waals surface area contributed by atoms with Crippen molar-refractivity contribution in [2.75, 3.05) is 19.7 Å². The van der Waals surface area contributed by atoms with E-state index in [1.807, 2.05) is 0 Å². The topological polar surface area (TPSA) is 440 Å². The highest BCUT2D eigenvalue weighted by Gasteiger charge is 2.32. The predicted octanol–water partition coefficient (Wildman–Crippen LogP) is 1.60. The minimum Gasteiger partial charge on any atom is -0.508 e. The maximum atomic E-state index is 14.3. The molecule has 0 spiro atoms. The molecular formula is C56H67N10O17PS. The number of aliphatic hydroxyl groups excluding tert-OH is 1. The van der Waals surface area contributed by atoms with Gasteiger partial charge in [-0.3, -0.25) is 57.7 Å². The van der Waals surface area contributed by atoms with Crippen LogP contribution in [0, 0.1) is 11.8 Å². The number of phosphoric ester groups is 1. The first kappa shape index (κ1) is 66.9. The van der Waals surface area contributed by atoms with E-state index < -0.39 is 117 Å². The first-order valence-corrected chi connectivity index (χ1v) is 28.6. The number of aromatic hydroxyl groups is 1. The fraction of sp³-hybridized carbons (Fsp3) is 0.375. The van der Waals surface area contributed by atoms with Crippen molar-refractivity contribution in [2.45, 2.75) is 103 Å². The summed E-state index contributed by atoms with van der Waals surface area (Å²) in [4.78, 5) is 155. The number of hydrogen-bond donors (Lipinski definition) is 13. The van der Waals surface area contributed by atoms with Crippen molar-refractivity contribution in [3.05, 3.63) is 100 Å². The second kappa shape index (κ2) is 31.1. The molecule has 0 bridgehead atoms. The zero-order chi connectivity index (χ0) is 62.7. The van der Waals surface area contributed by atoms with Crippen LogP contribution in [0.15, 0.2) is 93.1 Å². The van der Waals surface area contributed by atoms with Gasteiger partial charge in [0.25, 0.3) is 5.91 Å². The van der Waals surface area contributed by atoms with Crippen LogP contribution in [0.2, 0.25) is 0 Å². The molecule has 29 heteroatoms. The van der Waals surface area contributed by atoms with Crippen molar-refractivity contribution in [1.82, 2.24) is 37.2 Å². The van der Waals surface area contributed by atoms with Gasteiger partial charge in [0.2, 0.25) is 47.3 Å². The Morgan fingerprint density at radius 3 is 1.92 bits per heavy atom. The molecule has 15 N–H and O–H groups in total. The molecule has 1 heterocycles. The summed E-state index contributed by atoms with van der Waals surface area (Å²) >= 11 is 4.82. The number of phenolic OH excluding ortho intramolecular Hbond substituents is 1. The van der Waals surface area contributed by atoms with Crippen LogP contribution >= 0.6 is 20.0 Å². The molecule has 5 atom stereocenters. The summed E-state index contributed by atoms with van der Waals surface area (Å²) in [6.07, 6.45) is -1.25. The number of nitrogens with two attached hydrogens (primary N) is 2. The summed E-state index contributed by atoms with van der Waals surface area (Å²) < 4.78 is 22.1. The molecule has 85 heavy (non-hydrogen) atoms. The number of phenols is 1. The molecule has 27 nitrogen and oxygen atoms in total. The SMILES string of the molecule is CC(C)C[C@H](NC(=O)CNC(=O)[C@H](CCC(N)=O)NC(=O)[C@H](Cc1ccc(OP(=O)(O)O)cc1)NC(=O)[C@H](CC(C)C)NC(=O)CCCNC(=O)c1cc(N=C=S)ccc1-c1c2ccc(=O)cc-2oc2cc(O)ccc12)C(=O)N[C@@H](CO)C(N)=O. The summed E-state index contributed by atoms with van der Waals surface area (Å²) in [6, 6.07) is 11.3. The number of nitrogens with zero attached hydrogens (tertiary/aromatic N) is 1. The lowest BCUT2D eigenvalue weighted by Crippen LogP contribution is -2.58. The number of carbonyl (C=O) groups excluding carboxylic acids is 9. The summed E-state index contributed by atoms with van der Waals surface area (Å²) in [7, 11) is -4.97. The van der Waals surface area contributed by atoms with Crippen LogP contribution in [0.25, 0.3) is 33.4 Å². The van der Waals surface area contributed by atoms with Crippen LogP contribution in [-0.2, 0) is 49.3 Å². The third-order valence-electron chi connectivity index (χ3n) is 12.8. The summed E-state index contributed by atoms with van der Waals surface area (Å²) in [5.41, 5.74) is 12.6. The molecule has 0 radical (unpaired) electrons. The number of nitrogens with one attached hydrogen (secondary N) is 7. The van der Waals surface area contributed by atoms with Crippen molar-refractivity contribution < 1.29 is 76.7 Å². The Morgan fingerprint density at radius 2 is 1.32 bits per heavy atom. The van der Waals surface area contributed by atoms with E-state index in [0.717, 1.165) is 0 Å². The molecule has 3 aromatic carbocycles. The van der Waals surface area contributed by atoms with E-state index in [-0.39, 0.29) is 84.3 Å². The number of benzene rings is 4. The van der Waals surface area contributed by atoms with E-state index in [4.69, 9.17) is 28.1 Å².